The SMILES string of the molecule is Oc1ccc(C(Nc2cccnc2)c2ccccc2)cc1. The molecule has 0 spiro atoms. The van der Waals surface area contributed by atoms with Gasteiger partial charge < -0.3 is 10.4 Å². The lowest BCUT2D eigenvalue weighted by Gasteiger charge is -2.21. The highest BCUT2D eigenvalue weighted by molar-refractivity contribution is 5.48. The number of phenols is 1. The number of aromatic nitrogens is 1. The van der Waals surface area contributed by atoms with Gasteiger partial charge in [0.25, 0.3) is 0 Å². The van der Waals surface area contributed by atoms with Crippen LogP contribution in [0.3, 0.4) is 0 Å². The van der Waals surface area contributed by atoms with Gasteiger partial charge in [-0.05, 0) is 35.4 Å². The maximum absolute atomic E-state index is 9.47. The minimum Gasteiger partial charge on any atom is -0.508 e. The predicted octanol–water partition coefficient (Wildman–Crippen LogP) is 3.99. The first-order valence-corrected chi connectivity index (χ1v) is 6.83. The van der Waals surface area contributed by atoms with Crippen molar-refractivity contribution >= 4 is 5.69 Å². The van der Waals surface area contributed by atoms with Gasteiger partial charge in [-0.2, -0.15) is 0 Å². The highest BCUT2D eigenvalue weighted by Crippen LogP contribution is 2.27. The zero-order valence-corrected chi connectivity index (χ0v) is 11.5. The van der Waals surface area contributed by atoms with Crippen LogP contribution >= 0.6 is 0 Å². The summed E-state index contributed by atoms with van der Waals surface area (Å²) in [5, 5.41) is 13.0. The van der Waals surface area contributed by atoms with Gasteiger partial charge in [-0.25, -0.2) is 0 Å². The fraction of sp³-hybridized carbons (Fsp3) is 0.0556. The second-order valence-corrected chi connectivity index (χ2v) is 4.82. The number of nitrogens with one attached hydrogen (secondary N) is 1. The first kappa shape index (κ1) is 13.2. The van der Waals surface area contributed by atoms with Crippen molar-refractivity contribution in [1.82, 2.24) is 4.98 Å². The lowest BCUT2D eigenvalue weighted by atomic mass is 9.98. The predicted molar refractivity (Wildman–Crippen MR) is 84.3 cm³/mol. The average Bonchev–Trinajstić information content (AvgIpc) is 2.55. The number of hydrogen-bond acceptors (Lipinski definition) is 3. The van der Waals surface area contributed by atoms with Gasteiger partial charge in [0.05, 0.1) is 11.7 Å². The summed E-state index contributed by atoms with van der Waals surface area (Å²) in [6.07, 6.45) is 3.56. The molecule has 0 amide bonds. The number of benzene rings is 2. The highest BCUT2D eigenvalue weighted by atomic mass is 16.3. The van der Waals surface area contributed by atoms with Crippen LogP contribution in [0.25, 0.3) is 0 Å². The van der Waals surface area contributed by atoms with Crippen LogP contribution in [0.5, 0.6) is 5.75 Å². The van der Waals surface area contributed by atoms with Crippen LogP contribution < -0.4 is 5.32 Å². The Morgan fingerprint density at radius 1 is 0.810 bits per heavy atom. The molecule has 104 valence electrons. The third-order valence-electron chi connectivity index (χ3n) is 3.33. The van der Waals surface area contributed by atoms with Gasteiger partial charge in [0, 0.05) is 12.4 Å². The van der Waals surface area contributed by atoms with E-state index in [1.54, 1.807) is 24.5 Å². The number of phenolic OH excluding ortho intramolecular Hbond substituents is 1. The molecule has 0 aliphatic rings. The molecule has 0 radical (unpaired) electrons. The van der Waals surface area contributed by atoms with E-state index in [9.17, 15) is 5.11 Å². The Hall–Kier alpha value is -2.81. The van der Waals surface area contributed by atoms with Crippen molar-refractivity contribution in [3.8, 4) is 5.75 Å². The van der Waals surface area contributed by atoms with Crippen molar-refractivity contribution in [2.75, 3.05) is 5.32 Å². The molecule has 0 fully saturated rings. The molecule has 3 aromatic rings. The van der Waals surface area contributed by atoms with Gasteiger partial charge in [-0.1, -0.05) is 42.5 Å². The van der Waals surface area contributed by atoms with Gasteiger partial charge in [-0.3, -0.25) is 4.98 Å². The summed E-state index contributed by atoms with van der Waals surface area (Å²) >= 11 is 0. The van der Waals surface area contributed by atoms with E-state index in [4.69, 9.17) is 0 Å². The Labute approximate surface area is 123 Å². The van der Waals surface area contributed by atoms with E-state index in [2.05, 4.69) is 22.4 Å². The molecule has 0 aliphatic carbocycles. The Kier molecular flexibility index (Phi) is 3.83. The minimum atomic E-state index is 0.0102. The van der Waals surface area contributed by atoms with Crippen molar-refractivity contribution in [2.24, 2.45) is 0 Å². The van der Waals surface area contributed by atoms with Crippen LogP contribution in [0.1, 0.15) is 17.2 Å². The molecule has 3 nitrogen and oxygen atoms in total. The lowest BCUT2D eigenvalue weighted by molar-refractivity contribution is 0.475. The van der Waals surface area contributed by atoms with E-state index in [0.717, 1.165) is 16.8 Å². The molecule has 0 saturated carbocycles. The quantitative estimate of drug-likeness (QED) is 0.757. The van der Waals surface area contributed by atoms with Gasteiger partial charge in [0.1, 0.15) is 5.75 Å². The van der Waals surface area contributed by atoms with Crippen molar-refractivity contribution in [3.05, 3.63) is 90.3 Å². The van der Waals surface area contributed by atoms with Crippen LogP contribution in [-0.2, 0) is 0 Å². The maximum Gasteiger partial charge on any atom is 0.115 e. The Bertz CT molecular complexity index is 681. The van der Waals surface area contributed by atoms with E-state index < -0.39 is 0 Å². The fourth-order valence-electron chi connectivity index (χ4n) is 2.29. The largest absolute Gasteiger partial charge is 0.508 e. The molecular formula is C18H16N2O. The fourth-order valence-corrected chi connectivity index (χ4v) is 2.29. The molecule has 2 aromatic carbocycles. The van der Waals surface area contributed by atoms with Crippen molar-refractivity contribution in [3.63, 3.8) is 0 Å². The standard InChI is InChI=1S/C18H16N2O/c21-17-10-8-15(9-11-17)18(14-5-2-1-3-6-14)20-16-7-4-12-19-13-16/h1-13,18,20-21H. The molecule has 21 heavy (non-hydrogen) atoms. The maximum atomic E-state index is 9.47. The monoisotopic (exact) mass is 276 g/mol. The van der Waals surface area contributed by atoms with E-state index in [-0.39, 0.29) is 11.8 Å². The first-order valence-electron chi connectivity index (χ1n) is 6.83. The number of aromatic hydroxyl groups is 1. The molecule has 3 heteroatoms. The van der Waals surface area contributed by atoms with Gasteiger partial charge in [0.15, 0.2) is 0 Å². The normalized spacial score (nSPS) is 11.8. The summed E-state index contributed by atoms with van der Waals surface area (Å²) in [5.41, 5.74) is 3.20. The summed E-state index contributed by atoms with van der Waals surface area (Å²) in [4.78, 5) is 4.14. The van der Waals surface area contributed by atoms with E-state index in [0.29, 0.717) is 0 Å². The summed E-state index contributed by atoms with van der Waals surface area (Å²) < 4.78 is 0. The summed E-state index contributed by atoms with van der Waals surface area (Å²) in [6.45, 7) is 0. The molecule has 3 rings (SSSR count). The molecule has 1 heterocycles. The second kappa shape index (κ2) is 6.09. The topological polar surface area (TPSA) is 45.1 Å². The van der Waals surface area contributed by atoms with Crippen LogP contribution in [0.2, 0.25) is 0 Å². The third-order valence-corrected chi connectivity index (χ3v) is 3.33. The third kappa shape index (κ3) is 3.20. The molecule has 2 N–H and O–H groups in total. The first-order chi connectivity index (χ1) is 10.3. The van der Waals surface area contributed by atoms with Gasteiger partial charge >= 0.3 is 0 Å². The number of hydrogen-bond donors (Lipinski definition) is 2. The summed E-state index contributed by atoms with van der Waals surface area (Å²) in [7, 11) is 0. The number of nitrogens with zero attached hydrogens (tertiary/aromatic N) is 1. The molecule has 1 unspecified atom stereocenters. The zero-order chi connectivity index (χ0) is 14.5. The van der Waals surface area contributed by atoms with Crippen molar-refractivity contribution < 1.29 is 5.11 Å². The van der Waals surface area contributed by atoms with Crippen molar-refractivity contribution in [1.29, 1.82) is 0 Å². The minimum absolute atomic E-state index is 0.0102. The molecule has 1 atom stereocenters. The van der Waals surface area contributed by atoms with Crippen LogP contribution in [0.4, 0.5) is 5.69 Å². The lowest BCUT2D eigenvalue weighted by Crippen LogP contribution is -2.12. The van der Waals surface area contributed by atoms with Crippen LogP contribution in [0, 0.1) is 0 Å². The van der Waals surface area contributed by atoms with E-state index in [1.165, 1.54) is 0 Å². The zero-order valence-electron chi connectivity index (χ0n) is 11.5. The number of pyridine rings is 1. The highest BCUT2D eigenvalue weighted by Gasteiger charge is 2.13. The smallest absolute Gasteiger partial charge is 0.115 e. The Morgan fingerprint density at radius 3 is 2.19 bits per heavy atom. The molecule has 0 saturated heterocycles. The van der Waals surface area contributed by atoms with E-state index in [1.807, 2.05) is 42.5 Å². The second-order valence-electron chi connectivity index (χ2n) is 4.82. The van der Waals surface area contributed by atoms with Crippen LogP contribution in [-0.4, -0.2) is 10.1 Å². The van der Waals surface area contributed by atoms with Crippen molar-refractivity contribution in [2.45, 2.75) is 6.04 Å². The molecule has 0 aliphatic heterocycles. The Morgan fingerprint density at radius 2 is 1.52 bits per heavy atom. The van der Waals surface area contributed by atoms with Gasteiger partial charge in [-0.15, -0.1) is 0 Å². The van der Waals surface area contributed by atoms with E-state index >= 15 is 0 Å². The Balaban J connectivity index is 1.97. The average molecular weight is 276 g/mol. The van der Waals surface area contributed by atoms with Gasteiger partial charge in [0.2, 0.25) is 0 Å². The number of rotatable bonds is 4. The molecule has 0 bridgehead atoms. The molecule has 1 aromatic heterocycles. The summed E-state index contributed by atoms with van der Waals surface area (Å²) in [6, 6.07) is 21.4. The number of anilines is 1. The molecular weight excluding hydrogens is 260 g/mol. The van der Waals surface area contributed by atoms with Crippen LogP contribution in [0.15, 0.2) is 79.1 Å². The summed E-state index contributed by atoms with van der Waals surface area (Å²) in [5.74, 6) is 0.270.